The van der Waals surface area contributed by atoms with Crippen molar-refractivity contribution in [1.82, 2.24) is 29.9 Å². The SMILES string of the molecule is CCOc1ccc(-n2nnc3c(=O)n(CC(=O)NCc4ccc5c(c4)OCO5)cnc32)cc1. The summed E-state index contributed by atoms with van der Waals surface area (Å²) in [6.45, 7) is 2.76. The highest BCUT2D eigenvalue weighted by molar-refractivity contribution is 5.76. The molecule has 2 aromatic carbocycles. The summed E-state index contributed by atoms with van der Waals surface area (Å²) < 4.78 is 18.7. The van der Waals surface area contributed by atoms with Crippen LogP contribution in [0.3, 0.4) is 0 Å². The number of ether oxygens (including phenoxy) is 3. The van der Waals surface area contributed by atoms with Crippen LogP contribution in [0, 0.1) is 0 Å². The van der Waals surface area contributed by atoms with Gasteiger partial charge in [0.05, 0.1) is 12.3 Å². The lowest BCUT2D eigenvalue weighted by Gasteiger charge is -2.08. The summed E-state index contributed by atoms with van der Waals surface area (Å²) in [6.07, 6.45) is 1.32. The van der Waals surface area contributed by atoms with E-state index in [0.29, 0.717) is 29.4 Å². The van der Waals surface area contributed by atoms with Gasteiger partial charge in [-0.25, -0.2) is 4.98 Å². The zero-order valence-electron chi connectivity index (χ0n) is 17.7. The lowest BCUT2D eigenvalue weighted by Crippen LogP contribution is -2.32. The van der Waals surface area contributed by atoms with Crippen molar-refractivity contribution in [3.63, 3.8) is 0 Å². The molecule has 0 spiro atoms. The van der Waals surface area contributed by atoms with Crippen molar-refractivity contribution in [2.75, 3.05) is 13.4 Å². The number of carbonyl (C=O) groups is 1. The molecule has 1 amide bonds. The van der Waals surface area contributed by atoms with Crippen LogP contribution in [0.4, 0.5) is 0 Å². The van der Waals surface area contributed by atoms with Crippen molar-refractivity contribution in [1.29, 1.82) is 0 Å². The molecule has 0 radical (unpaired) electrons. The molecule has 33 heavy (non-hydrogen) atoms. The highest BCUT2D eigenvalue weighted by Crippen LogP contribution is 2.32. The Hall–Kier alpha value is -4.41. The van der Waals surface area contributed by atoms with Gasteiger partial charge in [0.2, 0.25) is 12.7 Å². The summed E-state index contributed by atoms with van der Waals surface area (Å²) in [7, 11) is 0. The molecule has 0 bridgehead atoms. The predicted octanol–water partition coefficient (Wildman–Crippen LogP) is 1.42. The normalized spacial score (nSPS) is 12.2. The Bertz CT molecular complexity index is 1380. The Balaban J connectivity index is 1.29. The van der Waals surface area contributed by atoms with Crippen LogP contribution in [0.2, 0.25) is 0 Å². The maximum Gasteiger partial charge on any atom is 0.284 e. The molecule has 1 aliphatic heterocycles. The molecule has 2 aromatic heterocycles. The minimum atomic E-state index is -0.449. The van der Waals surface area contributed by atoms with Crippen LogP contribution in [0.25, 0.3) is 16.9 Å². The van der Waals surface area contributed by atoms with Crippen LogP contribution in [0.5, 0.6) is 17.2 Å². The second kappa shape index (κ2) is 8.61. The Morgan fingerprint density at radius 3 is 2.79 bits per heavy atom. The van der Waals surface area contributed by atoms with Crippen LogP contribution >= 0.6 is 0 Å². The standard InChI is InChI=1S/C22H20N6O5/c1-2-31-16-6-4-15(5-7-16)28-21-20(25-26-28)22(30)27(12-24-21)11-19(29)23-10-14-3-8-17-18(9-14)33-13-32-17/h3-9,12H,2,10-11,13H2,1H3,(H,23,29). The van der Waals surface area contributed by atoms with Crippen molar-refractivity contribution in [3.05, 3.63) is 64.7 Å². The van der Waals surface area contributed by atoms with Crippen molar-refractivity contribution in [3.8, 4) is 22.9 Å². The van der Waals surface area contributed by atoms with Gasteiger partial charge in [0.15, 0.2) is 22.7 Å². The van der Waals surface area contributed by atoms with Crippen molar-refractivity contribution < 1.29 is 19.0 Å². The van der Waals surface area contributed by atoms with Crippen LogP contribution < -0.4 is 25.1 Å². The van der Waals surface area contributed by atoms with Gasteiger partial charge in [0.25, 0.3) is 5.56 Å². The third kappa shape index (κ3) is 4.07. The molecule has 0 unspecified atom stereocenters. The topological polar surface area (TPSA) is 122 Å². The quantitative estimate of drug-likeness (QED) is 0.450. The van der Waals surface area contributed by atoms with E-state index >= 15 is 0 Å². The number of amides is 1. The largest absolute Gasteiger partial charge is 0.494 e. The molecule has 168 valence electrons. The average molecular weight is 448 g/mol. The van der Waals surface area contributed by atoms with E-state index in [2.05, 4.69) is 20.6 Å². The smallest absolute Gasteiger partial charge is 0.284 e. The lowest BCUT2D eigenvalue weighted by atomic mass is 10.2. The number of nitrogens with zero attached hydrogens (tertiary/aromatic N) is 5. The van der Waals surface area contributed by atoms with Gasteiger partial charge in [0.1, 0.15) is 18.6 Å². The number of fused-ring (bicyclic) bond motifs is 2. The summed E-state index contributed by atoms with van der Waals surface area (Å²) >= 11 is 0. The summed E-state index contributed by atoms with van der Waals surface area (Å²) in [5.41, 5.74) is 1.48. The summed E-state index contributed by atoms with van der Waals surface area (Å²) in [5.74, 6) is 1.71. The maximum atomic E-state index is 12.8. The van der Waals surface area contributed by atoms with Gasteiger partial charge in [-0.05, 0) is 48.9 Å². The van der Waals surface area contributed by atoms with Crippen LogP contribution in [0.15, 0.2) is 53.6 Å². The first kappa shape index (κ1) is 20.5. The van der Waals surface area contributed by atoms with Crippen LogP contribution in [-0.2, 0) is 17.9 Å². The van der Waals surface area contributed by atoms with E-state index in [1.54, 1.807) is 30.3 Å². The molecular weight excluding hydrogens is 428 g/mol. The van der Waals surface area contributed by atoms with Gasteiger partial charge in [-0.2, -0.15) is 4.68 Å². The minimum Gasteiger partial charge on any atom is -0.494 e. The molecule has 1 N–H and O–H groups in total. The van der Waals surface area contributed by atoms with E-state index in [0.717, 1.165) is 11.3 Å². The number of nitrogens with one attached hydrogen (secondary N) is 1. The van der Waals surface area contributed by atoms with Gasteiger partial charge in [-0.3, -0.25) is 14.2 Å². The zero-order chi connectivity index (χ0) is 22.8. The molecule has 4 aromatic rings. The van der Waals surface area contributed by atoms with Gasteiger partial charge < -0.3 is 19.5 Å². The predicted molar refractivity (Wildman–Crippen MR) is 117 cm³/mol. The summed E-state index contributed by atoms with van der Waals surface area (Å²) in [4.78, 5) is 29.5. The third-order valence-corrected chi connectivity index (χ3v) is 5.06. The molecular formula is C22H20N6O5. The molecule has 0 saturated heterocycles. The molecule has 1 aliphatic rings. The fourth-order valence-electron chi connectivity index (χ4n) is 3.44. The highest BCUT2D eigenvalue weighted by atomic mass is 16.7. The Morgan fingerprint density at radius 1 is 1.15 bits per heavy atom. The Morgan fingerprint density at radius 2 is 1.97 bits per heavy atom. The van der Waals surface area contributed by atoms with Crippen molar-refractivity contribution in [2.45, 2.75) is 20.0 Å². The number of benzene rings is 2. The second-order valence-electron chi connectivity index (χ2n) is 7.24. The van der Waals surface area contributed by atoms with E-state index in [1.807, 2.05) is 19.1 Å². The molecule has 3 heterocycles. The summed E-state index contributed by atoms with van der Waals surface area (Å²) in [6, 6.07) is 12.6. The number of hydrogen-bond donors (Lipinski definition) is 1. The molecule has 0 saturated carbocycles. The molecule has 5 rings (SSSR count). The summed E-state index contributed by atoms with van der Waals surface area (Å²) in [5, 5.41) is 10.8. The molecule has 11 nitrogen and oxygen atoms in total. The van der Waals surface area contributed by atoms with Gasteiger partial charge in [0, 0.05) is 6.54 Å². The first-order chi connectivity index (χ1) is 16.1. The Kier molecular flexibility index (Phi) is 5.35. The fraction of sp³-hybridized carbons (Fsp3) is 0.227. The monoisotopic (exact) mass is 448 g/mol. The number of rotatable bonds is 7. The molecule has 0 atom stereocenters. The number of carbonyl (C=O) groups excluding carboxylic acids is 1. The van der Waals surface area contributed by atoms with E-state index in [9.17, 15) is 9.59 Å². The van der Waals surface area contributed by atoms with Gasteiger partial charge >= 0.3 is 0 Å². The van der Waals surface area contributed by atoms with Gasteiger partial charge in [-0.15, -0.1) is 5.10 Å². The van der Waals surface area contributed by atoms with Crippen LogP contribution in [0.1, 0.15) is 12.5 Å². The van der Waals surface area contributed by atoms with Gasteiger partial charge in [-0.1, -0.05) is 11.3 Å². The average Bonchev–Trinajstić information content (AvgIpc) is 3.47. The Labute approximate surface area is 187 Å². The maximum absolute atomic E-state index is 12.8. The molecule has 11 heteroatoms. The zero-order valence-corrected chi connectivity index (χ0v) is 17.7. The van der Waals surface area contributed by atoms with Crippen molar-refractivity contribution in [2.24, 2.45) is 0 Å². The molecule has 0 aliphatic carbocycles. The number of aromatic nitrogens is 5. The minimum absolute atomic E-state index is 0.0787. The highest BCUT2D eigenvalue weighted by Gasteiger charge is 2.16. The second-order valence-corrected chi connectivity index (χ2v) is 7.24. The third-order valence-electron chi connectivity index (χ3n) is 5.06. The number of hydrogen-bond acceptors (Lipinski definition) is 8. The van der Waals surface area contributed by atoms with E-state index in [1.165, 1.54) is 15.6 Å². The lowest BCUT2D eigenvalue weighted by molar-refractivity contribution is -0.121. The first-order valence-corrected chi connectivity index (χ1v) is 10.3. The van der Waals surface area contributed by atoms with E-state index < -0.39 is 5.56 Å². The molecule has 0 fully saturated rings. The van der Waals surface area contributed by atoms with E-state index in [4.69, 9.17) is 14.2 Å². The van der Waals surface area contributed by atoms with E-state index in [-0.39, 0.29) is 31.3 Å². The first-order valence-electron chi connectivity index (χ1n) is 10.3. The van der Waals surface area contributed by atoms with Crippen LogP contribution in [-0.4, -0.2) is 43.9 Å². The fourth-order valence-corrected chi connectivity index (χ4v) is 3.44. The van der Waals surface area contributed by atoms with Crippen molar-refractivity contribution >= 4 is 17.1 Å².